The van der Waals surface area contributed by atoms with E-state index in [0.29, 0.717) is 11.9 Å². The Hall–Kier alpha value is -3.34. The number of carboxylic acid groups (broad SMARTS) is 1. The fourth-order valence-electron chi connectivity index (χ4n) is 3.18. The maximum atomic E-state index is 12.2. The van der Waals surface area contributed by atoms with E-state index in [9.17, 15) is 14.7 Å². The third-order valence-electron chi connectivity index (χ3n) is 4.52. The van der Waals surface area contributed by atoms with Gasteiger partial charge >= 0.3 is 6.09 Å². The van der Waals surface area contributed by atoms with Gasteiger partial charge in [-0.1, -0.05) is 42.5 Å². The number of fused-ring (bicyclic) bond motifs is 1. The molecule has 2 N–H and O–H groups in total. The SMILES string of the molecule is Cc1ccccc1C=CC(=O)N[C@H](C)Cc1cn(C(=O)O)c2ccccc12. The monoisotopic (exact) mass is 362 g/mol. The van der Waals surface area contributed by atoms with Gasteiger partial charge in [0.1, 0.15) is 0 Å². The summed E-state index contributed by atoms with van der Waals surface area (Å²) in [5.74, 6) is -0.173. The van der Waals surface area contributed by atoms with Gasteiger partial charge in [0.05, 0.1) is 5.52 Å². The van der Waals surface area contributed by atoms with Gasteiger partial charge in [0.2, 0.25) is 5.91 Å². The van der Waals surface area contributed by atoms with Crippen molar-refractivity contribution in [3.8, 4) is 0 Å². The van der Waals surface area contributed by atoms with E-state index in [1.54, 1.807) is 18.3 Å². The van der Waals surface area contributed by atoms with E-state index in [0.717, 1.165) is 22.1 Å². The Morgan fingerprint density at radius 3 is 2.59 bits per heavy atom. The maximum absolute atomic E-state index is 12.2. The van der Waals surface area contributed by atoms with Gasteiger partial charge in [-0.25, -0.2) is 4.79 Å². The summed E-state index contributed by atoms with van der Waals surface area (Å²) in [7, 11) is 0. The smallest absolute Gasteiger partial charge is 0.416 e. The summed E-state index contributed by atoms with van der Waals surface area (Å²) in [6.45, 7) is 3.91. The van der Waals surface area contributed by atoms with Gasteiger partial charge in [-0.2, -0.15) is 0 Å². The van der Waals surface area contributed by atoms with Gasteiger partial charge in [0.25, 0.3) is 0 Å². The van der Waals surface area contributed by atoms with Gasteiger partial charge < -0.3 is 10.4 Å². The van der Waals surface area contributed by atoms with Crippen LogP contribution in [0.2, 0.25) is 0 Å². The molecule has 5 nitrogen and oxygen atoms in total. The van der Waals surface area contributed by atoms with Crippen LogP contribution in [0.15, 0.2) is 60.8 Å². The van der Waals surface area contributed by atoms with Crippen LogP contribution in [0.5, 0.6) is 0 Å². The number of nitrogens with one attached hydrogen (secondary N) is 1. The highest BCUT2D eigenvalue weighted by Gasteiger charge is 2.15. The zero-order valence-corrected chi connectivity index (χ0v) is 15.3. The normalized spacial score (nSPS) is 12.4. The molecule has 0 saturated carbocycles. The molecule has 5 heteroatoms. The highest BCUT2D eigenvalue weighted by molar-refractivity contribution is 5.93. The van der Waals surface area contributed by atoms with Crippen molar-refractivity contribution in [1.29, 1.82) is 0 Å². The van der Waals surface area contributed by atoms with Crippen molar-refractivity contribution >= 4 is 29.0 Å². The van der Waals surface area contributed by atoms with E-state index in [-0.39, 0.29) is 11.9 Å². The molecule has 27 heavy (non-hydrogen) atoms. The lowest BCUT2D eigenvalue weighted by atomic mass is 10.1. The van der Waals surface area contributed by atoms with Gasteiger partial charge in [-0.15, -0.1) is 0 Å². The Labute approximate surface area is 157 Å². The minimum atomic E-state index is -1.02. The molecule has 1 atom stereocenters. The summed E-state index contributed by atoms with van der Waals surface area (Å²) in [6.07, 6.45) is 4.48. The predicted octanol–water partition coefficient (Wildman–Crippen LogP) is 4.24. The number of carbonyl (C=O) groups excluding carboxylic acids is 1. The standard InChI is InChI=1S/C22H22N2O3/c1-15-7-3-4-8-17(15)11-12-21(25)23-16(2)13-18-14-24(22(26)27)20-10-6-5-9-19(18)20/h3-12,14,16H,13H2,1-2H3,(H,23,25)(H,26,27)/t16-/m1/s1. The van der Waals surface area contributed by atoms with Gasteiger partial charge in [-0.05, 0) is 49.1 Å². The van der Waals surface area contributed by atoms with E-state index in [1.807, 2.05) is 56.3 Å². The first-order chi connectivity index (χ1) is 13.0. The lowest BCUT2D eigenvalue weighted by Gasteiger charge is -2.12. The van der Waals surface area contributed by atoms with Crippen molar-refractivity contribution in [2.75, 3.05) is 0 Å². The Balaban J connectivity index is 1.70. The summed E-state index contributed by atoms with van der Waals surface area (Å²) in [5.41, 5.74) is 3.66. The van der Waals surface area contributed by atoms with Crippen molar-refractivity contribution in [3.63, 3.8) is 0 Å². The Kier molecular flexibility index (Phi) is 5.41. The zero-order chi connectivity index (χ0) is 19.4. The number of hydrogen-bond acceptors (Lipinski definition) is 2. The lowest BCUT2D eigenvalue weighted by molar-refractivity contribution is -0.117. The number of benzene rings is 2. The minimum absolute atomic E-state index is 0.132. The van der Waals surface area contributed by atoms with Crippen LogP contribution in [0.3, 0.4) is 0 Å². The highest BCUT2D eigenvalue weighted by Crippen LogP contribution is 2.22. The van der Waals surface area contributed by atoms with Crippen molar-refractivity contribution in [2.24, 2.45) is 0 Å². The summed E-state index contributed by atoms with van der Waals surface area (Å²) >= 11 is 0. The summed E-state index contributed by atoms with van der Waals surface area (Å²) < 4.78 is 1.22. The number of aryl methyl sites for hydroxylation is 1. The Morgan fingerprint density at radius 1 is 1.15 bits per heavy atom. The molecule has 1 heterocycles. The number of hydrogen-bond donors (Lipinski definition) is 2. The average molecular weight is 362 g/mol. The molecule has 0 fully saturated rings. The zero-order valence-electron chi connectivity index (χ0n) is 15.3. The number of para-hydroxylation sites is 1. The quantitative estimate of drug-likeness (QED) is 0.667. The van der Waals surface area contributed by atoms with E-state index in [1.165, 1.54) is 10.6 Å². The van der Waals surface area contributed by atoms with Gasteiger partial charge in [-0.3, -0.25) is 9.36 Å². The largest absolute Gasteiger partial charge is 0.464 e. The predicted molar refractivity (Wildman–Crippen MR) is 107 cm³/mol. The molecule has 0 unspecified atom stereocenters. The van der Waals surface area contributed by atoms with Crippen LogP contribution in [0, 0.1) is 6.92 Å². The molecule has 3 rings (SSSR count). The summed E-state index contributed by atoms with van der Waals surface area (Å²) in [6, 6.07) is 15.1. The molecule has 1 aromatic heterocycles. The first-order valence-corrected chi connectivity index (χ1v) is 8.82. The van der Waals surface area contributed by atoms with Crippen LogP contribution >= 0.6 is 0 Å². The summed E-state index contributed by atoms with van der Waals surface area (Å²) in [5, 5.41) is 13.2. The second-order valence-electron chi connectivity index (χ2n) is 6.63. The van der Waals surface area contributed by atoms with Crippen LogP contribution < -0.4 is 5.32 Å². The van der Waals surface area contributed by atoms with E-state index < -0.39 is 6.09 Å². The first kappa shape index (κ1) is 18.5. The summed E-state index contributed by atoms with van der Waals surface area (Å²) in [4.78, 5) is 23.6. The Morgan fingerprint density at radius 2 is 1.85 bits per heavy atom. The first-order valence-electron chi connectivity index (χ1n) is 8.82. The molecule has 138 valence electrons. The molecule has 0 saturated heterocycles. The molecule has 0 bridgehead atoms. The van der Waals surface area contributed by atoms with Crippen LogP contribution in [-0.4, -0.2) is 27.7 Å². The van der Waals surface area contributed by atoms with Crippen molar-refractivity contribution < 1.29 is 14.7 Å². The van der Waals surface area contributed by atoms with Crippen LogP contribution in [-0.2, 0) is 11.2 Å². The maximum Gasteiger partial charge on any atom is 0.416 e. The van der Waals surface area contributed by atoms with Crippen LogP contribution in [0.1, 0.15) is 23.6 Å². The minimum Gasteiger partial charge on any atom is -0.464 e. The lowest BCUT2D eigenvalue weighted by Crippen LogP contribution is -2.32. The number of nitrogens with zero attached hydrogens (tertiary/aromatic N) is 1. The topological polar surface area (TPSA) is 71.3 Å². The molecular formula is C22H22N2O3. The number of rotatable bonds is 5. The number of carbonyl (C=O) groups is 2. The average Bonchev–Trinajstić information content (AvgIpc) is 3.00. The number of amides is 1. The fourth-order valence-corrected chi connectivity index (χ4v) is 3.18. The third-order valence-corrected chi connectivity index (χ3v) is 4.52. The molecule has 1 amide bonds. The molecular weight excluding hydrogens is 340 g/mol. The molecule has 0 radical (unpaired) electrons. The van der Waals surface area contributed by atoms with E-state index in [4.69, 9.17) is 0 Å². The Bertz CT molecular complexity index is 1020. The molecule has 3 aromatic rings. The van der Waals surface area contributed by atoms with Crippen molar-refractivity contribution in [2.45, 2.75) is 26.3 Å². The van der Waals surface area contributed by atoms with Crippen molar-refractivity contribution in [3.05, 3.63) is 77.5 Å². The van der Waals surface area contributed by atoms with Gasteiger partial charge in [0.15, 0.2) is 0 Å². The van der Waals surface area contributed by atoms with Crippen LogP contribution in [0.4, 0.5) is 4.79 Å². The molecule has 0 spiro atoms. The third kappa shape index (κ3) is 4.26. The second kappa shape index (κ2) is 7.91. The molecule has 0 aliphatic carbocycles. The fraction of sp³-hybridized carbons (Fsp3) is 0.182. The van der Waals surface area contributed by atoms with E-state index in [2.05, 4.69) is 5.32 Å². The van der Waals surface area contributed by atoms with Crippen LogP contribution in [0.25, 0.3) is 17.0 Å². The second-order valence-corrected chi connectivity index (χ2v) is 6.63. The van der Waals surface area contributed by atoms with E-state index >= 15 is 0 Å². The molecule has 0 aliphatic rings. The van der Waals surface area contributed by atoms with Gasteiger partial charge in [0, 0.05) is 23.7 Å². The number of aromatic nitrogens is 1. The molecule has 2 aromatic carbocycles. The molecule has 0 aliphatic heterocycles. The highest BCUT2D eigenvalue weighted by atomic mass is 16.4. The van der Waals surface area contributed by atoms with Crippen molar-refractivity contribution in [1.82, 2.24) is 9.88 Å².